The van der Waals surface area contributed by atoms with E-state index in [4.69, 9.17) is 4.74 Å². The minimum absolute atomic E-state index is 0.0655. The van der Waals surface area contributed by atoms with Crippen LogP contribution in [0.1, 0.15) is 20.3 Å². The van der Waals surface area contributed by atoms with E-state index < -0.39 is 0 Å². The zero-order valence-corrected chi connectivity index (χ0v) is 12.5. The normalized spacial score (nSPS) is 12.0. The molecule has 1 amide bonds. The van der Waals surface area contributed by atoms with Crippen molar-refractivity contribution in [3.05, 3.63) is 22.7 Å². The largest absolute Gasteiger partial charge is 0.497 e. The summed E-state index contributed by atoms with van der Waals surface area (Å²) in [6, 6.07) is 5.79. The Hall–Kier alpha value is -1.07. The number of hydrogen-bond donors (Lipinski definition) is 2. The number of nitrogens with one attached hydrogen (secondary N) is 2. The summed E-state index contributed by atoms with van der Waals surface area (Å²) < 4.78 is 5.95. The van der Waals surface area contributed by atoms with Gasteiger partial charge < -0.3 is 15.4 Å². The molecule has 0 radical (unpaired) electrons. The molecule has 1 atom stereocenters. The van der Waals surface area contributed by atoms with Crippen LogP contribution in [-0.4, -0.2) is 25.6 Å². The maximum absolute atomic E-state index is 11.7. The van der Waals surface area contributed by atoms with Crippen LogP contribution in [0, 0.1) is 0 Å². The molecule has 0 saturated carbocycles. The van der Waals surface area contributed by atoms with Crippen LogP contribution in [-0.2, 0) is 4.79 Å². The van der Waals surface area contributed by atoms with Crippen LogP contribution < -0.4 is 15.4 Å². The van der Waals surface area contributed by atoms with Gasteiger partial charge in [0.05, 0.1) is 19.3 Å². The molecule has 0 fully saturated rings. The zero-order chi connectivity index (χ0) is 13.5. The third-order valence-electron chi connectivity index (χ3n) is 2.67. The topological polar surface area (TPSA) is 50.4 Å². The van der Waals surface area contributed by atoms with E-state index in [1.54, 1.807) is 13.2 Å². The van der Waals surface area contributed by atoms with Gasteiger partial charge in [-0.2, -0.15) is 0 Å². The lowest BCUT2D eigenvalue weighted by Gasteiger charge is -2.12. The van der Waals surface area contributed by atoms with Crippen LogP contribution >= 0.6 is 15.9 Å². The van der Waals surface area contributed by atoms with Crippen molar-refractivity contribution in [2.75, 3.05) is 19.0 Å². The fourth-order valence-electron chi connectivity index (χ4n) is 1.33. The molecule has 5 heteroatoms. The average Bonchev–Trinajstić information content (AvgIpc) is 2.38. The van der Waals surface area contributed by atoms with Crippen LogP contribution in [0.25, 0.3) is 0 Å². The van der Waals surface area contributed by atoms with Crippen molar-refractivity contribution in [1.29, 1.82) is 0 Å². The number of halogens is 1. The van der Waals surface area contributed by atoms with Crippen LogP contribution in [0.2, 0.25) is 0 Å². The number of anilines is 1. The van der Waals surface area contributed by atoms with Gasteiger partial charge in [-0.15, -0.1) is 0 Å². The molecular weight excluding hydrogens is 296 g/mol. The molecule has 1 aromatic rings. The van der Waals surface area contributed by atoms with E-state index in [0.717, 1.165) is 10.9 Å². The highest BCUT2D eigenvalue weighted by molar-refractivity contribution is 9.10. The average molecular weight is 315 g/mol. The molecule has 0 aliphatic heterocycles. The summed E-state index contributed by atoms with van der Waals surface area (Å²) in [5.74, 6) is 0.646. The second-order valence-electron chi connectivity index (χ2n) is 4.08. The maximum Gasteiger partial charge on any atom is 0.238 e. The Bertz CT molecular complexity index is 410. The molecule has 0 aliphatic rings. The molecule has 2 N–H and O–H groups in total. The van der Waals surface area contributed by atoms with Crippen molar-refractivity contribution in [2.45, 2.75) is 26.3 Å². The van der Waals surface area contributed by atoms with Crippen molar-refractivity contribution in [2.24, 2.45) is 0 Å². The van der Waals surface area contributed by atoms with Crippen LogP contribution in [0.3, 0.4) is 0 Å². The number of carbonyl (C=O) groups excluding carboxylic acids is 1. The summed E-state index contributed by atoms with van der Waals surface area (Å²) in [6.45, 7) is 4.43. The van der Waals surface area contributed by atoms with E-state index in [1.807, 2.05) is 12.1 Å². The Morgan fingerprint density at radius 2 is 2.22 bits per heavy atom. The highest BCUT2D eigenvalue weighted by Crippen LogP contribution is 2.26. The van der Waals surface area contributed by atoms with Gasteiger partial charge in [-0.3, -0.25) is 4.79 Å². The van der Waals surface area contributed by atoms with E-state index in [9.17, 15) is 4.79 Å². The molecule has 0 bridgehead atoms. The van der Waals surface area contributed by atoms with Gasteiger partial charge in [0.15, 0.2) is 0 Å². The summed E-state index contributed by atoms with van der Waals surface area (Å²) in [4.78, 5) is 11.7. The number of amides is 1. The second kappa shape index (κ2) is 7.38. The molecule has 0 saturated heterocycles. The second-order valence-corrected chi connectivity index (χ2v) is 4.94. The van der Waals surface area contributed by atoms with E-state index >= 15 is 0 Å². The van der Waals surface area contributed by atoms with Crippen LogP contribution in [0.15, 0.2) is 22.7 Å². The van der Waals surface area contributed by atoms with Crippen molar-refractivity contribution >= 4 is 27.5 Å². The zero-order valence-electron chi connectivity index (χ0n) is 10.9. The van der Waals surface area contributed by atoms with Gasteiger partial charge in [-0.25, -0.2) is 0 Å². The molecule has 0 heterocycles. The monoisotopic (exact) mass is 314 g/mol. The SMILES string of the molecule is CCC(C)NCC(=O)Nc1cc(OC)ccc1Br. The van der Waals surface area contributed by atoms with Gasteiger partial charge in [0.2, 0.25) is 5.91 Å². The quantitative estimate of drug-likeness (QED) is 0.849. The fraction of sp³-hybridized carbons (Fsp3) is 0.462. The summed E-state index contributed by atoms with van der Waals surface area (Å²) in [6.07, 6.45) is 0.996. The van der Waals surface area contributed by atoms with Crippen molar-refractivity contribution in [1.82, 2.24) is 5.32 Å². The lowest BCUT2D eigenvalue weighted by molar-refractivity contribution is -0.115. The number of carbonyl (C=O) groups is 1. The summed E-state index contributed by atoms with van der Waals surface area (Å²) in [7, 11) is 1.60. The molecule has 100 valence electrons. The molecule has 1 unspecified atom stereocenters. The maximum atomic E-state index is 11.7. The summed E-state index contributed by atoms with van der Waals surface area (Å²) in [5.41, 5.74) is 0.713. The Morgan fingerprint density at radius 1 is 1.50 bits per heavy atom. The van der Waals surface area contributed by atoms with Crippen molar-refractivity contribution in [3.63, 3.8) is 0 Å². The minimum atomic E-state index is -0.0655. The number of rotatable bonds is 6. The first-order valence-electron chi connectivity index (χ1n) is 5.93. The number of methoxy groups -OCH3 is 1. The van der Waals surface area contributed by atoms with Gasteiger partial charge in [-0.1, -0.05) is 6.92 Å². The first kappa shape index (κ1) is 15.0. The van der Waals surface area contributed by atoms with E-state index in [-0.39, 0.29) is 5.91 Å². The fourth-order valence-corrected chi connectivity index (χ4v) is 1.68. The van der Waals surface area contributed by atoms with Gasteiger partial charge in [0.1, 0.15) is 5.75 Å². The number of benzene rings is 1. The molecular formula is C13H19BrN2O2. The van der Waals surface area contributed by atoms with Gasteiger partial charge >= 0.3 is 0 Å². The summed E-state index contributed by atoms with van der Waals surface area (Å²) >= 11 is 3.39. The minimum Gasteiger partial charge on any atom is -0.497 e. The first-order chi connectivity index (χ1) is 8.56. The lowest BCUT2D eigenvalue weighted by atomic mass is 10.2. The molecule has 1 aromatic carbocycles. The third-order valence-corrected chi connectivity index (χ3v) is 3.36. The highest BCUT2D eigenvalue weighted by atomic mass is 79.9. The van der Waals surface area contributed by atoms with E-state index in [1.165, 1.54) is 0 Å². The van der Waals surface area contributed by atoms with Gasteiger partial charge in [0.25, 0.3) is 0 Å². The molecule has 0 aromatic heterocycles. The molecule has 0 aliphatic carbocycles. The predicted molar refractivity (Wildman–Crippen MR) is 77.1 cm³/mol. The van der Waals surface area contributed by atoms with E-state index in [0.29, 0.717) is 24.0 Å². The van der Waals surface area contributed by atoms with E-state index in [2.05, 4.69) is 40.4 Å². The van der Waals surface area contributed by atoms with Gasteiger partial charge in [-0.05, 0) is 41.4 Å². The highest BCUT2D eigenvalue weighted by Gasteiger charge is 2.08. The Kier molecular flexibility index (Phi) is 6.15. The first-order valence-corrected chi connectivity index (χ1v) is 6.72. The number of ether oxygens (including phenoxy) is 1. The predicted octanol–water partition coefficient (Wildman–Crippen LogP) is 2.78. The molecule has 1 rings (SSSR count). The molecule has 0 spiro atoms. The standard InChI is InChI=1S/C13H19BrN2O2/c1-4-9(2)15-8-13(17)16-12-7-10(18-3)5-6-11(12)14/h5-7,9,15H,4,8H2,1-3H3,(H,16,17). The Balaban J connectivity index is 2.58. The lowest BCUT2D eigenvalue weighted by Crippen LogP contribution is -2.34. The summed E-state index contributed by atoms with van der Waals surface area (Å²) in [5, 5.41) is 5.98. The molecule has 18 heavy (non-hydrogen) atoms. The number of hydrogen-bond acceptors (Lipinski definition) is 3. The Labute approximate surface area is 116 Å². The van der Waals surface area contributed by atoms with Crippen molar-refractivity contribution < 1.29 is 9.53 Å². The van der Waals surface area contributed by atoms with Crippen molar-refractivity contribution in [3.8, 4) is 5.75 Å². The smallest absolute Gasteiger partial charge is 0.238 e. The Morgan fingerprint density at radius 3 is 2.83 bits per heavy atom. The van der Waals surface area contributed by atoms with Gasteiger partial charge in [0, 0.05) is 16.6 Å². The molecule has 4 nitrogen and oxygen atoms in total. The third kappa shape index (κ3) is 4.66. The van der Waals surface area contributed by atoms with Crippen LogP contribution in [0.5, 0.6) is 5.75 Å². The van der Waals surface area contributed by atoms with Crippen LogP contribution in [0.4, 0.5) is 5.69 Å².